The molecule has 0 bridgehead atoms. The molecular weight excluding hydrogens is 231 g/mol. The Bertz CT molecular complexity index is 383. The van der Waals surface area contributed by atoms with E-state index in [1.165, 1.54) is 0 Å². The molecule has 1 rings (SSSR count). The van der Waals surface area contributed by atoms with Crippen molar-refractivity contribution in [3.05, 3.63) is 33.8 Å². The first-order valence-electron chi connectivity index (χ1n) is 4.65. The Morgan fingerprint density at radius 3 is 2.47 bits per heavy atom. The van der Waals surface area contributed by atoms with E-state index in [9.17, 15) is 0 Å². The first-order chi connectivity index (χ1) is 7.04. The van der Waals surface area contributed by atoms with Gasteiger partial charge in [0.2, 0.25) is 0 Å². The largest absolute Gasteiger partial charge is 0.296 e. The van der Waals surface area contributed by atoms with Crippen LogP contribution >= 0.6 is 23.2 Å². The quantitative estimate of drug-likeness (QED) is 0.880. The highest BCUT2D eigenvalue weighted by molar-refractivity contribution is 6.35. The molecule has 0 aliphatic carbocycles. The number of nitriles is 1. The smallest absolute Gasteiger partial charge is 0.123 e. The van der Waals surface area contributed by atoms with Crippen LogP contribution in [0.2, 0.25) is 10.0 Å². The van der Waals surface area contributed by atoms with Crippen molar-refractivity contribution in [3.63, 3.8) is 0 Å². The Labute approximate surface area is 99.8 Å². The summed E-state index contributed by atoms with van der Waals surface area (Å²) in [5.74, 6) is 0. The molecule has 0 fully saturated rings. The summed E-state index contributed by atoms with van der Waals surface area (Å²) in [6, 6.07) is 7.15. The van der Waals surface area contributed by atoms with Crippen LogP contribution < -0.4 is 5.32 Å². The number of nitrogens with zero attached hydrogens (tertiary/aromatic N) is 1. The Hall–Kier alpha value is -0.750. The van der Waals surface area contributed by atoms with E-state index in [0.29, 0.717) is 10.0 Å². The predicted molar refractivity (Wildman–Crippen MR) is 63.1 cm³/mol. The second kappa shape index (κ2) is 5.37. The zero-order valence-corrected chi connectivity index (χ0v) is 10.1. The molecule has 1 unspecified atom stereocenters. The zero-order chi connectivity index (χ0) is 11.4. The summed E-state index contributed by atoms with van der Waals surface area (Å²) in [5.41, 5.74) is 0.761. The van der Waals surface area contributed by atoms with Gasteiger partial charge in [-0.15, -0.1) is 0 Å². The Kier molecular flexibility index (Phi) is 4.41. The van der Waals surface area contributed by atoms with Crippen molar-refractivity contribution < 1.29 is 0 Å². The summed E-state index contributed by atoms with van der Waals surface area (Å²) in [7, 11) is 0. The number of benzene rings is 1. The highest BCUT2D eigenvalue weighted by Gasteiger charge is 2.14. The number of nitrogens with one attached hydrogen (secondary N) is 1. The molecule has 1 N–H and O–H groups in total. The molecule has 0 aliphatic heterocycles. The summed E-state index contributed by atoms with van der Waals surface area (Å²) >= 11 is 11.8. The molecule has 0 saturated carbocycles. The molecule has 0 spiro atoms. The molecule has 80 valence electrons. The normalized spacial score (nSPS) is 12.5. The minimum atomic E-state index is -0.394. The fraction of sp³-hybridized carbons (Fsp3) is 0.364. The lowest BCUT2D eigenvalue weighted by atomic mass is 10.1. The van der Waals surface area contributed by atoms with Gasteiger partial charge < -0.3 is 0 Å². The maximum atomic E-state index is 9.02. The van der Waals surface area contributed by atoms with Gasteiger partial charge in [-0.1, -0.05) is 29.3 Å². The second-order valence-corrected chi connectivity index (χ2v) is 4.39. The highest BCUT2D eigenvalue weighted by atomic mass is 35.5. The highest BCUT2D eigenvalue weighted by Crippen LogP contribution is 2.26. The van der Waals surface area contributed by atoms with Crippen LogP contribution in [-0.4, -0.2) is 6.04 Å². The SMILES string of the molecule is CC(C)NC(C#N)c1ccc(Cl)cc1Cl. The topological polar surface area (TPSA) is 35.8 Å². The summed E-state index contributed by atoms with van der Waals surface area (Å²) in [6.45, 7) is 3.96. The molecule has 1 aromatic rings. The predicted octanol–water partition coefficient (Wildman–Crippen LogP) is 3.56. The van der Waals surface area contributed by atoms with E-state index in [0.717, 1.165) is 5.56 Å². The monoisotopic (exact) mass is 242 g/mol. The zero-order valence-electron chi connectivity index (χ0n) is 8.59. The van der Waals surface area contributed by atoms with Crippen molar-refractivity contribution >= 4 is 23.2 Å². The number of hydrogen-bond donors (Lipinski definition) is 1. The maximum absolute atomic E-state index is 9.02. The van der Waals surface area contributed by atoms with Gasteiger partial charge >= 0.3 is 0 Å². The van der Waals surface area contributed by atoms with E-state index in [1.54, 1.807) is 18.2 Å². The lowest BCUT2D eigenvalue weighted by molar-refractivity contribution is 0.546. The van der Waals surface area contributed by atoms with Crippen molar-refractivity contribution in [2.24, 2.45) is 0 Å². The Morgan fingerprint density at radius 2 is 2.00 bits per heavy atom. The summed E-state index contributed by atoms with van der Waals surface area (Å²) in [4.78, 5) is 0. The van der Waals surface area contributed by atoms with Crippen LogP contribution in [0.3, 0.4) is 0 Å². The lowest BCUT2D eigenvalue weighted by Gasteiger charge is -2.16. The molecule has 0 aromatic heterocycles. The minimum Gasteiger partial charge on any atom is -0.296 e. The third-order valence-electron chi connectivity index (χ3n) is 1.90. The van der Waals surface area contributed by atoms with Gasteiger partial charge in [-0.3, -0.25) is 5.32 Å². The molecule has 0 aliphatic rings. The van der Waals surface area contributed by atoms with Crippen LogP contribution in [-0.2, 0) is 0 Å². The summed E-state index contributed by atoms with van der Waals surface area (Å²) in [5, 5.41) is 13.2. The van der Waals surface area contributed by atoms with Gasteiger partial charge in [0.1, 0.15) is 6.04 Å². The van der Waals surface area contributed by atoms with Crippen molar-refractivity contribution in [2.75, 3.05) is 0 Å². The van der Waals surface area contributed by atoms with E-state index in [1.807, 2.05) is 13.8 Å². The number of hydrogen-bond acceptors (Lipinski definition) is 2. The van der Waals surface area contributed by atoms with Crippen LogP contribution in [0, 0.1) is 11.3 Å². The second-order valence-electron chi connectivity index (χ2n) is 3.55. The molecule has 1 aromatic carbocycles. The van der Waals surface area contributed by atoms with E-state index in [4.69, 9.17) is 28.5 Å². The Morgan fingerprint density at radius 1 is 1.33 bits per heavy atom. The first-order valence-corrected chi connectivity index (χ1v) is 5.40. The first kappa shape index (κ1) is 12.3. The lowest BCUT2D eigenvalue weighted by Crippen LogP contribution is -2.27. The fourth-order valence-electron chi connectivity index (χ4n) is 1.27. The van der Waals surface area contributed by atoms with Crippen molar-refractivity contribution in [1.82, 2.24) is 5.32 Å². The van der Waals surface area contributed by atoms with Crippen molar-refractivity contribution in [3.8, 4) is 6.07 Å². The molecule has 4 heteroatoms. The average Bonchev–Trinajstić information content (AvgIpc) is 2.14. The van der Waals surface area contributed by atoms with Crippen molar-refractivity contribution in [2.45, 2.75) is 25.9 Å². The van der Waals surface area contributed by atoms with Gasteiger partial charge in [0.15, 0.2) is 0 Å². The average molecular weight is 243 g/mol. The fourth-order valence-corrected chi connectivity index (χ4v) is 1.78. The molecule has 15 heavy (non-hydrogen) atoms. The standard InChI is InChI=1S/C11H12Cl2N2/c1-7(2)15-11(6-14)9-4-3-8(12)5-10(9)13/h3-5,7,11,15H,1-2H3. The molecule has 0 amide bonds. The van der Waals surface area contributed by atoms with Gasteiger partial charge in [-0.25, -0.2) is 0 Å². The van der Waals surface area contributed by atoms with Crippen LogP contribution in [0.25, 0.3) is 0 Å². The Balaban J connectivity index is 2.98. The van der Waals surface area contributed by atoms with Gasteiger partial charge in [0, 0.05) is 21.7 Å². The third-order valence-corrected chi connectivity index (χ3v) is 2.47. The van der Waals surface area contributed by atoms with E-state index in [-0.39, 0.29) is 6.04 Å². The van der Waals surface area contributed by atoms with Gasteiger partial charge in [-0.2, -0.15) is 5.26 Å². The van der Waals surface area contributed by atoms with Crippen LogP contribution in [0.5, 0.6) is 0 Å². The molecule has 2 nitrogen and oxygen atoms in total. The van der Waals surface area contributed by atoms with Gasteiger partial charge in [0.05, 0.1) is 6.07 Å². The number of rotatable bonds is 3. The molecule has 0 heterocycles. The van der Waals surface area contributed by atoms with Gasteiger partial charge in [-0.05, 0) is 26.0 Å². The van der Waals surface area contributed by atoms with Crippen LogP contribution in [0.1, 0.15) is 25.5 Å². The molecule has 0 saturated heterocycles. The van der Waals surface area contributed by atoms with Crippen LogP contribution in [0.4, 0.5) is 0 Å². The third kappa shape index (κ3) is 3.39. The minimum absolute atomic E-state index is 0.224. The van der Waals surface area contributed by atoms with Gasteiger partial charge in [0.25, 0.3) is 0 Å². The van der Waals surface area contributed by atoms with Crippen LogP contribution in [0.15, 0.2) is 18.2 Å². The number of halogens is 2. The van der Waals surface area contributed by atoms with E-state index >= 15 is 0 Å². The summed E-state index contributed by atoms with van der Waals surface area (Å²) in [6.07, 6.45) is 0. The molecular formula is C11H12Cl2N2. The summed E-state index contributed by atoms with van der Waals surface area (Å²) < 4.78 is 0. The maximum Gasteiger partial charge on any atom is 0.123 e. The van der Waals surface area contributed by atoms with E-state index in [2.05, 4.69) is 11.4 Å². The molecule has 1 atom stereocenters. The molecule has 0 radical (unpaired) electrons. The van der Waals surface area contributed by atoms with E-state index < -0.39 is 6.04 Å². The van der Waals surface area contributed by atoms with Crippen molar-refractivity contribution in [1.29, 1.82) is 5.26 Å².